The third-order valence-corrected chi connectivity index (χ3v) is 3.03. The lowest BCUT2D eigenvalue weighted by atomic mass is 10.1. The molecule has 1 aromatic carbocycles. The predicted molar refractivity (Wildman–Crippen MR) is 81.0 cm³/mol. The standard InChI is InChI=1S/C14H12F3N5O3/c15-14(16,17)9-4-2-1-3-8(9)7-18-21-11(23)6-5-10-12(24)19-13(25)22-20-10/h1-4,7H,5-6H2,(H,21,23)(H2,19,22,24,25)/b18-7+. The van der Waals surface area contributed by atoms with E-state index < -0.39 is 28.9 Å². The minimum atomic E-state index is -4.54. The second-order valence-corrected chi connectivity index (χ2v) is 4.83. The number of benzene rings is 1. The molecule has 3 N–H and O–H groups in total. The van der Waals surface area contributed by atoms with Crippen molar-refractivity contribution in [1.82, 2.24) is 20.6 Å². The molecule has 25 heavy (non-hydrogen) atoms. The van der Waals surface area contributed by atoms with Crippen LogP contribution in [0.1, 0.15) is 23.2 Å². The second-order valence-electron chi connectivity index (χ2n) is 4.83. The van der Waals surface area contributed by atoms with Gasteiger partial charge in [-0.05, 0) is 6.07 Å². The highest BCUT2D eigenvalue weighted by Gasteiger charge is 2.32. The third-order valence-electron chi connectivity index (χ3n) is 3.03. The normalized spacial score (nSPS) is 11.6. The molecule has 132 valence electrons. The van der Waals surface area contributed by atoms with Gasteiger partial charge in [-0.1, -0.05) is 18.2 Å². The Labute approximate surface area is 137 Å². The molecule has 0 aliphatic rings. The number of hydrogen-bond acceptors (Lipinski definition) is 5. The maximum Gasteiger partial charge on any atom is 0.417 e. The zero-order valence-electron chi connectivity index (χ0n) is 12.6. The molecule has 2 rings (SSSR count). The van der Waals surface area contributed by atoms with Crippen molar-refractivity contribution in [2.45, 2.75) is 19.0 Å². The number of hydrazone groups is 1. The molecule has 0 aliphatic heterocycles. The Hall–Kier alpha value is -3.24. The van der Waals surface area contributed by atoms with E-state index in [1.807, 2.05) is 10.1 Å². The Morgan fingerprint density at radius 1 is 1.28 bits per heavy atom. The fourth-order valence-corrected chi connectivity index (χ4v) is 1.87. The van der Waals surface area contributed by atoms with Crippen LogP contribution in [-0.2, 0) is 17.4 Å². The van der Waals surface area contributed by atoms with Crippen LogP contribution >= 0.6 is 0 Å². The van der Waals surface area contributed by atoms with Crippen LogP contribution in [0.25, 0.3) is 0 Å². The van der Waals surface area contributed by atoms with Gasteiger partial charge in [0.05, 0.1) is 11.8 Å². The average Bonchev–Trinajstić information content (AvgIpc) is 2.53. The Morgan fingerprint density at radius 2 is 2.00 bits per heavy atom. The Balaban J connectivity index is 1.95. The van der Waals surface area contributed by atoms with Crippen LogP contribution in [0.3, 0.4) is 0 Å². The summed E-state index contributed by atoms with van der Waals surface area (Å²) in [5, 5.41) is 8.99. The van der Waals surface area contributed by atoms with E-state index in [9.17, 15) is 27.6 Å². The van der Waals surface area contributed by atoms with Crippen LogP contribution < -0.4 is 16.7 Å². The first-order valence-corrected chi connectivity index (χ1v) is 6.93. The molecule has 1 heterocycles. The van der Waals surface area contributed by atoms with Crippen LogP contribution in [0.15, 0.2) is 39.0 Å². The number of amides is 1. The highest BCUT2D eigenvalue weighted by atomic mass is 19.4. The Bertz CT molecular complexity index is 901. The number of alkyl halides is 3. The van der Waals surface area contributed by atoms with Crippen LogP contribution in [0.4, 0.5) is 13.2 Å². The molecule has 2 aromatic rings. The number of aromatic nitrogens is 3. The van der Waals surface area contributed by atoms with E-state index in [4.69, 9.17) is 0 Å². The summed E-state index contributed by atoms with van der Waals surface area (Å²) in [5.74, 6) is -0.631. The maximum atomic E-state index is 12.8. The minimum Gasteiger partial charge on any atom is -0.273 e. The zero-order chi connectivity index (χ0) is 18.4. The number of H-pyrrole nitrogens is 2. The molecule has 0 atom stereocenters. The van der Waals surface area contributed by atoms with E-state index >= 15 is 0 Å². The number of aromatic amines is 2. The summed E-state index contributed by atoms with van der Waals surface area (Å²) in [4.78, 5) is 35.7. The second kappa shape index (κ2) is 7.55. The molecule has 0 spiro atoms. The summed E-state index contributed by atoms with van der Waals surface area (Å²) in [6.45, 7) is 0. The molecular formula is C14H12F3N5O3. The fraction of sp³-hybridized carbons (Fsp3) is 0.214. The summed E-state index contributed by atoms with van der Waals surface area (Å²) in [5.41, 5.74) is -0.565. The number of rotatable bonds is 5. The molecule has 0 radical (unpaired) electrons. The van der Waals surface area contributed by atoms with E-state index in [0.29, 0.717) is 0 Å². The van der Waals surface area contributed by atoms with Gasteiger partial charge in [-0.25, -0.2) is 15.3 Å². The van der Waals surface area contributed by atoms with Gasteiger partial charge >= 0.3 is 11.9 Å². The average molecular weight is 355 g/mol. The number of carbonyl (C=O) groups excluding carboxylic acids is 1. The molecular weight excluding hydrogens is 343 g/mol. The van der Waals surface area contributed by atoms with E-state index in [2.05, 4.69) is 15.6 Å². The third kappa shape index (κ3) is 5.12. The maximum absolute atomic E-state index is 12.8. The molecule has 1 amide bonds. The largest absolute Gasteiger partial charge is 0.417 e. The van der Waals surface area contributed by atoms with Crippen LogP contribution in [0.5, 0.6) is 0 Å². The number of nitrogens with one attached hydrogen (secondary N) is 3. The molecule has 1 aromatic heterocycles. The van der Waals surface area contributed by atoms with Gasteiger partial charge in [0.25, 0.3) is 5.56 Å². The Kier molecular flexibility index (Phi) is 5.47. The smallest absolute Gasteiger partial charge is 0.273 e. The molecule has 0 unspecified atom stereocenters. The predicted octanol–water partition coefficient (Wildman–Crippen LogP) is 0.560. The van der Waals surface area contributed by atoms with Gasteiger partial charge in [0.1, 0.15) is 5.69 Å². The molecule has 8 nitrogen and oxygen atoms in total. The summed E-state index contributed by atoms with van der Waals surface area (Å²) >= 11 is 0. The van der Waals surface area contributed by atoms with Crippen molar-refractivity contribution in [3.05, 3.63) is 61.9 Å². The highest BCUT2D eigenvalue weighted by Crippen LogP contribution is 2.30. The lowest BCUT2D eigenvalue weighted by Crippen LogP contribution is -2.28. The molecule has 0 saturated carbocycles. The molecule has 0 aliphatic carbocycles. The van der Waals surface area contributed by atoms with Crippen molar-refractivity contribution >= 4 is 12.1 Å². The van der Waals surface area contributed by atoms with Crippen LogP contribution in [0, 0.1) is 0 Å². The summed E-state index contributed by atoms with van der Waals surface area (Å²) in [6.07, 6.45) is -3.93. The highest BCUT2D eigenvalue weighted by molar-refractivity contribution is 5.84. The van der Waals surface area contributed by atoms with Gasteiger partial charge in [-0.3, -0.25) is 14.6 Å². The SMILES string of the molecule is O=C(CCc1n[nH]c(=O)[nH]c1=O)N/N=C/c1ccccc1C(F)(F)F. The zero-order valence-corrected chi connectivity index (χ0v) is 12.6. The lowest BCUT2D eigenvalue weighted by Gasteiger charge is -2.09. The molecule has 11 heteroatoms. The van der Waals surface area contributed by atoms with Gasteiger partial charge in [0.15, 0.2) is 0 Å². The first-order chi connectivity index (χ1) is 11.8. The molecule has 0 bridgehead atoms. The Morgan fingerprint density at radius 3 is 2.68 bits per heavy atom. The van der Waals surface area contributed by atoms with E-state index in [-0.39, 0.29) is 24.1 Å². The van der Waals surface area contributed by atoms with Gasteiger partial charge in [-0.15, -0.1) is 0 Å². The molecule has 0 fully saturated rings. The first kappa shape index (κ1) is 18.1. The van der Waals surface area contributed by atoms with E-state index in [1.54, 1.807) is 0 Å². The van der Waals surface area contributed by atoms with Crippen molar-refractivity contribution < 1.29 is 18.0 Å². The number of nitrogens with zero attached hydrogens (tertiary/aromatic N) is 2. The lowest BCUT2D eigenvalue weighted by molar-refractivity contribution is -0.137. The summed E-state index contributed by atoms with van der Waals surface area (Å²) in [7, 11) is 0. The summed E-state index contributed by atoms with van der Waals surface area (Å²) in [6, 6.07) is 4.76. The first-order valence-electron chi connectivity index (χ1n) is 6.93. The summed E-state index contributed by atoms with van der Waals surface area (Å²) < 4.78 is 38.4. The van der Waals surface area contributed by atoms with Crippen molar-refractivity contribution in [3.8, 4) is 0 Å². The molecule has 0 saturated heterocycles. The van der Waals surface area contributed by atoms with Crippen molar-refractivity contribution in [3.63, 3.8) is 0 Å². The van der Waals surface area contributed by atoms with Crippen molar-refractivity contribution in [2.24, 2.45) is 5.10 Å². The van der Waals surface area contributed by atoms with Crippen LogP contribution in [-0.4, -0.2) is 27.3 Å². The number of carbonyl (C=O) groups is 1. The van der Waals surface area contributed by atoms with Crippen molar-refractivity contribution in [2.75, 3.05) is 0 Å². The van der Waals surface area contributed by atoms with Crippen molar-refractivity contribution in [1.29, 1.82) is 0 Å². The monoisotopic (exact) mass is 355 g/mol. The number of halogens is 3. The minimum absolute atomic E-state index is 0.0545. The fourth-order valence-electron chi connectivity index (χ4n) is 1.87. The van der Waals surface area contributed by atoms with Gasteiger partial charge in [-0.2, -0.15) is 23.4 Å². The van der Waals surface area contributed by atoms with E-state index in [1.165, 1.54) is 18.2 Å². The number of hydrogen-bond donors (Lipinski definition) is 3. The van der Waals surface area contributed by atoms with Gasteiger partial charge in [0, 0.05) is 18.4 Å². The number of aryl methyl sites for hydroxylation is 1. The van der Waals surface area contributed by atoms with Gasteiger partial charge in [0.2, 0.25) is 5.91 Å². The van der Waals surface area contributed by atoms with E-state index in [0.717, 1.165) is 12.3 Å². The van der Waals surface area contributed by atoms with Crippen LogP contribution in [0.2, 0.25) is 0 Å². The quantitative estimate of drug-likeness (QED) is 0.536. The topological polar surface area (TPSA) is 120 Å². The van der Waals surface area contributed by atoms with Gasteiger partial charge < -0.3 is 0 Å².